The van der Waals surface area contributed by atoms with E-state index in [1.54, 1.807) is 12.2 Å². The van der Waals surface area contributed by atoms with Crippen LogP contribution in [0.1, 0.15) is 30.4 Å². The molecule has 0 aliphatic carbocycles. The molecule has 1 aliphatic heterocycles. The minimum atomic E-state index is 0.378. The summed E-state index contributed by atoms with van der Waals surface area (Å²) in [6, 6.07) is 0.378. The van der Waals surface area contributed by atoms with Gasteiger partial charge >= 0.3 is 0 Å². The number of aromatic amines is 1. The second kappa shape index (κ2) is 4.94. The molecule has 0 bridgehead atoms. The van der Waals surface area contributed by atoms with Gasteiger partial charge in [0.25, 0.3) is 0 Å². The third-order valence-corrected chi connectivity index (χ3v) is 2.81. The Morgan fingerprint density at radius 2 is 2.38 bits per heavy atom. The van der Waals surface area contributed by atoms with Crippen molar-refractivity contribution in [3.8, 4) is 0 Å². The number of imidazole rings is 1. The molecule has 1 saturated heterocycles. The van der Waals surface area contributed by atoms with E-state index in [0.29, 0.717) is 6.04 Å². The summed E-state index contributed by atoms with van der Waals surface area (Å²) < 4.78 is 0. The van der Waals surface area contributed by atoms with Crippen LogP contribution in [0, 0.1) is 0 Å². The monoisotopic (exact) mass is 215 g/mol. The Hall–Kier alpha value is -1.61. The number of allylic oxidation sites excluding steroid dienone is 4. The van der Waals surface area contributed by atoms with Crippen molar-refractivity contribution in [1.29, 1.82) is 0 Å². The van der Waals surface area contributed by atoms with Crippen molar-refractivity contribution in [2.45, 2.75) is 18.9 Å². The van der Waals surface area contributed by atoms with Crippen LogP contribution in [0.3, 0.4) is 0 Å². The lowest BCUT2D eigenvalue weighted by molar-refractivity contribution is 0.612. The van der Waals surface area contributed by atoms with E-state index in [1.165, 1.54) is 6.42 Å². The molecule has 1 aromatic rings. The van der Waals surface area contributed by atoms with Gasteiger partial charge in [-0.05, 0) is 25.0 Å². The van der Waals surface area contributed by atoms with Gasteiger partial charge in [0.2, 0.25) is 0 Å². The van der Waals surface area contributed by atoms with Gasteiger partial charge in [-0.3, -0.25) is 0 Å². The number of nitrogens with one attached hydrogen (secondary N) is 2. The molecule has 1 atom stereocenters. The van der Waals surface area contributed by atoms with Crippen LogP contribution in [0.2, 0.25) is 0 Å². The molecular formula is C13H17N3. The minimum absolute atomic E-state index is 0.378. The Morgan fingerprint density at radius 1 is 1.50 bits per heavy atom. The van der Waals surface area contributed by atoms with Crippen molar-refractivity contribution in [2.24, 2.45) is 0 Å². The standard InChI is InChI=1S/C13H17N3/c1-3-6-10(4-2)12-9-15-13(16-12)11-7-5-8-14-11/h3-4,6,9,11,14H,1-2,5,7-8H2,(H,15,16)/b10-6+. The first kappa shape index (κ1) is 10.9. The zero-order valence-corrected chi connectivity index (χ0v) is 9.37. The summed E-state index contributed by atoms with van der Waals surface area (Å²) in [7, 11) is 0. The molecule has 0 aromatic carbocycles. The van der Waals surface area contributed by atoms with Crippen molar-refractivity contribution in [1.82, 2.24) is 15.3 Å². The zero-order chi connectivity index (χ0) is 11.4. The third-order valence-electron chi connectivity index (χ3n) is 2.81. The molecule has 2 N–H and O–H groups in total. The predicted octanol–water partition coefficient (Wildman–Crippen LogP) is 2.59. The van der Waals surface area contributed by atoms with Crippen LogP contribution in [-0.2, 0) is 0 Å². The van der Waals surface area contributed by atoms with Gasteiger partial charge in [0.15, 0.2) is 0 Å². The largest absolute Gasteiger partial charge is 0.341 e. The van der Waals surface area contributed by atoms with Gasteiger partial charge in [-0.25, -0.2) is 4.98 Å². The normalized spacial score (nSPS) is 21.0. The van der Waals surface area contributed by atoms with Crippen LogP contribution >= 0.6 is 0 Å². The summed E-state index contributed by atoms with van der Waals surface area (Å²) in [5.74, 6) is 1.02. The molecule has 1 fully saturated rings. The van der Waals surface area contributed by atoms with Crippen molar-refractivity contribution in [2.75, 3.05) is 6.54 Å². The molecule has 1 aliphatic rings. The van der Waals surface area contributed by atoms with Crippen LogP contribution < -0.4 is 5.32 Å². The Kier molecular flexibility index (Phi) is 3.37. The van der Waals surface area contributed by atoms with E-state index in [9.17, 15) is 0 Å². The van der Waals surface area contributed by atoms with Crippen LogP contribution in [0.15, 0.2) is 37.6 Å². The highest BCUT2D eigenvalue weighted by Crippen LogP contribution is 2.22. The van der Waals surface area contributed by atoms with Gasteiger partial charge in [0, 0.05) is 0 Å². The van der Waals surface area contributed by atoms with Gasteiger partial charge in [-0.1, -0.05) is 31.4 Å². The first-order valence-electron chi connectivity index (χ1n) is 5.59. The summed E-state index contributed by atoms with van der Waals surface area (Å²) in [5, 5.41) is 3.42. The minimum Gasteiger partial charge on any atom is -0.341 e. The lowest BCUT2D eigenvalue weighted by Crippen LogP contribution is -2.14. The van der Waals surface area contributed by atoms with E-state index in [1.807, 2.05) is 12.3 Å². The predicted molar refractivity (Wildman–Crippen MR) is 66.9 cm³/mol. The van der Waals surface area contributed by atoms with Gasteiger partial charge in [-0.2, -0.15) is 0 Å². The second-order valence-electron chi connectivity index (χ2n) is 3.89. The van der Waals surface area contributed by atoms with Gasteiger partial charge < -0.3 is 10.3 Å². The summed E-state index contributed by atoms with van der Waals surface area (Å²) in [4.78, 5) is 7.74. The van der Waals surface area contributed by atoms with E-state index >= 15 is 0 Å². The molecule has 84 valence electrons. The Bertz CT molecular complexity index is 409. The maximum atomic E-state index is 4.41. The lowest BCUT2D eigenvalue weighted by Gasteiger charge is -2.05. The topological polar surface area (TPSA) is 40.7 Å². The van der Waals surface area contributed by atoms with Crippen LogP contribution in [0.25, 0.3) is 5.57 Å². The Morgan fingerprint density at radius 3 is 3.00 bits per heavy atom. The molecule has 1 unspecified atom stereocenters. The average Bonchev–Trinajstić information content (AvgIpc) is 2.95. The first-order valence-corrected chi connectivity index (χ1v) is 5.59. The number of hydrogen-bond acceptors (Lipinski definition) is 2. The highest BCUT2D eigenvalue weighted by atomic mass is 15.0. The quantitative estimate of drug-likeness (QED) is 0.758. The average molecular weight is 215 g/mol. The maximum absolute atomic E-state index is 4.41. The van der Waals surface area contributed by atoms with Crippen molar-refractivity contribution < 1.29 is 0 Å². The fourth-order valence-electron chi connectivity index (χ4n) is 1.97. The molecule has 3 nitrogen and oxygen atoms in total. The smallest absolute Gasteiger partial charge is 0.123 e. The van der Waals surface area contributed by atoms with Crippen molar-refractivity contribution in [3.05, 3.63) is 49.1 Å². The van der Waals surface area contributed by atoms with Crippen LogP contribution in [0.5, 0.6) is 0 Å². The number of aromatic nitrogens is 2. The molecule has 0 amide bonds. The molecule has 16 heavy (non-hydrogen) atoms. The number of rotatable bonds is 4. The van der Waals surface area contributed by atoms with Crippen LogP contribution in [0.4, 0.5) is 0 Å². The number of nitrogens with zero attached hydrogens (tertiary/aromatic N) is 1. The fraction of sp³-hybridized carbons (Fsp3) is 0.308. The summed E-state index contributed by atoms with van der Waals surface area (Å²) in [5.41, 5.74) is 2.02. The summed E-state index contributed by atoms with van der Waals surface area (Å²) in [6.45, 7) is 8.55. The Labute approximate surface area is 96.0 Å². The van der Waals surface area contributed by atoms with Gasteiger partial charge in [-0.15, -0.1) is 0 Å². The van der Waals surface area contributed by atoms with E-state index in [2.05, 4.69) is 28.4 Å². The number of hydrogen-bond donors (Lipinski definition) is 2. The van der Waals surface area contributed by atoms with Crippen molar-refractivity contribution in [3.63, 3.8) is 0 Å². The molecule has 3 heteroatoms. The first-order chi connectivity index (χ1) is 7.85. The van der Waals surface area contributed by atoms with E-state index in [-0.39, 0.29) is 0 Å². The SMILES string of the molecule is C=C/C=C(\C=C)c1cnc(C2CCCN2)[nH]1. The molecular weight excluding hydrogens is 198 g/mol. The highest BCUT2D eigenvalue weighted by molar-refractivity contribution is 5.72. The maximum Gasteiger partial charge on any atom is 0.123 e. The highest BCUT2D eigenvalue weighted by Gasteiger charge is 2.19. The van der Waals surface area contributed by atoms with E-state index < -0.39 is 0 Å². The van der Waals surface area contributed by atoms with E-state index in [4.69, 9.17) is 0 Å². The molecule has 0 spiro atoms. The summed E-state index contributed by atoms with van der Waals surface area (Å²) in [6.07, 6.45) is 9.71. The number of H-pyrrole nitrogens is 1. The van der Waals surface area contributed by atoms with Crippen LogP contribution in [-0.4, -0.2) is 16.5 Å². The molecule has 0 saturated carbocycles. The molecule has 1 aromatic heterocycles. The molecule has 2 rings (SSSR count). The van der Waals surface area contributed by atoms with Crippen molar-refractivity contribution >= 4 is 5.57 Å². The van der Waals surface area contributed by atoms with Gasteiger partial charge in [0.05, 0.1) is 17.9 Å². The van der Waals surface area contributed by atoms with E-state index in [0.717, 1.165) is 30.1 Å². The Balaban J connectivity index is 2.20. The summed E-state index contributed by atoms with van der Waals surface area (Å²) >= 11 is 0. The second-order valence-corrected chi connectivity index (χ2v) is 3.89. The molecule has 0 radical (unpaired) electrons. The fourth-order valence-corrected chi connectivity index (χ4v) is 1.97. The lowest BCUT2D eigenvalue weighted by atomic mass is 10.2. The molecule has 2 heterocycles. The van der Waals surface area contributed by atoms with Gasteiger partial charge in [0.1, 0.15) is 5.82 Å². The zero-order valence-electron chi connectivity index (χ0n) is 9.37. The third kappa shape index (κ3) is 2.14.